The molecule has 0 spiro atoms. The van der Waals surface area contributed by atoms with E-state index in [1.54, 1.807) is 16.8 Å². The van der Waals surface area contributed by atoms with Gasteiger partial charge in [0.25, 0.3) is 0 Å². The van der Waals surface area contributed by atoms with Crippen molar-refractivity contribution in [3.63, 3.8) is 0 Å². The molecule has 1 amide bonds. The highest BCUT2D eigenvalue weighted by molar-refractivity contribution is 7.12. The summed E-state index contributed by atoms with van der Waals surface area (Å²) >= 11 is 2.59. The van der Waals surface area contributed by atoms with Crippen LogP contribution in [0.1, 0.15) is 25.9 Å². The number of aromatic nitrogens is 5. The first-order valence-electron chi connectivity index (χ1n) is 8.86. The van der Waals surface area contributed by atoms with Gasteiger partial charge in [-0.25, -0.2) is 9.78 Å². The first-order valence-corrected chi connectivity index (χ1v) is 10.6. The number of anilines is 1. The Hall–Kier alpha value is -3.44. The van der Waals surface area contributed by atoms with Gasteiger partial charge < -0.3 is 10.1 Å². The van der Waals surface area contributed by atoms with Crippen LogP contribution in [0.25, 0.3) is 5.69 Å². The van der Waals surface area contributed by atoms with Crippen molar-refractivity contribution in [1.29, 1.82) is 0 Å². The number of esters is 1. The van der Waals surface area contributed by atoms with Gasteiger partial charge in [0, 0.05) is 11.1 Å². The van der Waals surface area contributed by atoms with Gasteiger partial charge in [-0.3, -0.25) is 4.79 Å². The molecule has 9 nitrogen and oxygen atoms in total. The van der Waals surface area contributed by atoms with E-state index < -0.39 is 5.97 Å². The molecule has 0 aliphatic carbocycles. The number of carbonyl (C=O) groups excluding carboxylic acids is 2. The lowest BCUT2D eigenvalue weighted by atomic mass is 10.2. The number of hydrogen-bond acceptors (Lipinski definition) is 9. The van der Waals surface area contributed by atoms with Gasteiger partial charge in [0.15, 0.2) is 0 Å². The molecule has 3 heterocycles. The van der Waals surface area contributed by atoms with E-state index in [1.807, 2.05) is 31.2 Å². The molecule has 0 fully saturated rings. The van der Waals surface area contributed by atoms with Gasteiger partial charge in [0.05, 0.1) is 17.8 Å². The minimum atomic E-state index is -0.484. The van der Waals surface area contributed by atoms with Crippen LogP contribution < -0.4 is 5.32 Å². The Morgan fingerprint density at radius 3 is 2.77 bits per heavy atom. The summed E-state index contributed by atoms with van der Waals surface area (Å²) in [5.74, 6) is -0.636. The van der Waals surface area contributed by atoms with Gasteiger partial charge in [-0.15, -0.1) is 27.8 Å². The Morgan fingerprint density at radius 2 is 2.00 bits per heavy atom. The second kappa shape index (κ2) is 8.93. The van der Waals surface area contributed by atoms with E-state index in [9.17, 15) is 9.59 Å². The van der Waals surface area contributed by atoms with E-state index in [4.69, 9.17) is 4.74 Å². The summed E-state index contributed by atoms with van der Waals surface area (Å²) < 4.78 is 6.77. The van der Waals surface area contributed by atoms with Crippen LogP contribution in [-0.2, 0) is 22.6 Å². The summed E-state index contributed by atoms with van der Waals surface area (Å²) in [7, 11) is 0. The summed E-state index contributed by atoms with van der Waals surface area (Å²) in [6.07, 6.45) is 1.56. The van der Waals surface area contributed by atoms with E-state index in [2.05, 4.69) is 25.8 Å². The molecule has 30 heavy (non-hydrogen) atoms. The van der Waals surface area contributed by atoms with E-state index in [1.165, 1.54) is 33.7 Å². The Morgan fingerprint density at radius 1 is 1.17 bits per heavy atom. The maximum atomic E-state index is 12.4. The van der Waals surface area contributed by atoms with E-state index in [-0.39, 0.29) is 18.9 Å². The molecular formula is C19H16N6O3S2. The van der Waals surface area contributed by atoms with Crippen molar-refractivity contribution in [2.75, 3.05) is 5.32 Å². The third-order valence-corrected chi connectivity index (χ3v) is 5.80. The Kier molecular flexibility index (Phi) is 5.91. The molecule has 0 saturated carbocycles. The molecule has 0 unspecified atom stereocenters. The Labute approximate surface area is 179 Å². The van der Waals surface area contributed by atoms with Crippen LogP contribution in [0.4, 0.5) is 5.69 Å². The third kappa shape index (κ3) is 4.75. The highest BCUT2D eigenvalue weighted by atomic mass is 32.1. The van der Waals surface area contributed by atoms with Gasteiger partial charge in [-0.1, -0.05) is 17.7 Å². The lowest BCUT2D eigenvalue weighted by Crippen LogP contribution is -2.14. The molecular weight excluding hydrogens is 424 g/mol. The predicted molar refractivity (Wildman–Crippen MR) is 112 cm³/mol. The van der Waals surface area contributed by atoms with E-state index >= 15 is 0 Å². The fourth-order valence-corrected chi connectivity index (χ4v) is 4.14. The van der Waals surface area contributed by atoms with Crippen LogP contribution >= 0.6 is 22.7 Å². The van der Waals surface area contributed by atoms with Crippen molar-refractivity contribution in [2.45, 2.75) is 20.0 Å². The zero-order valence-corrected chi connectivity index (χ0v) is 17.4. The van der Waals surface area contributed by atoms with Gasteiger partial charge >= 0.3 is 5.97 Å². The average molecular weight is 441 g/mol. The highest BCUT2D eigenvalue weighted by Gasteiger charge is 2.18. The lowest BCUT2D eigenvalue weighted by Gasteiger charge is -2.04. The second-order valence-electron chi connectivity index (χ2n) is 6.29. The molecule has 4 rings (SSSR count). The van der Waals surface area contributed by atoms with Crippen LogP contribution in [0.5, 0.6) is 0 Å². The monoisotopic (exact) mass is 440 g/mol. The number of thiophene rings is 1. The predicted octanol–water partition coefficient (Wildman–Crippen LogP) is 3.03. The maximum Gasteiger partial charge on any atom is 0.350 e. The summed E-state index contributed by atoms with van der Waals surface area (Å²) in [5.41, 5.74) is 3.01. The molecule has 3 aromatic heterocycles. The van der Waals surface area contributed by atoms with Crippen molar-refractivity contribution in [1.82, 2.24) is 25.2 Å². The topological polar surface area (TPSA) is 112 Å². The van der Waals surface area contributed by atoms with Crippen LogP contribution in [0.3, 0.4) is 0 Å². The number of benzene rings is 1. The summed E-state index contributed by atoms with van der Waals surface area (Å²) in [4.78, 5) is 29.4. The van der Waals surface area contributed by atoms with Crippen molar-refractivity contribution in [3.05, 3.63) is 68.6 Å². The zero-order valence-electron chi connectivity index (χ0n) is 15.8. The van der Waals surface area contributed by atoms with Gasteiger partial charge in [0.1, 0.15) is 22.8 Å². The molecule has 0 saturated heterocycles. The first kappa shape index (κ1) is 19.9. The Bertz CT molecular complexity index is 1150. The number of rotatable bonds is 7. The quantitative estimate of drug-likeness (QED) is 0.440. The summed E-state index contributed by atoms with van der Waals surface area (Å²) in [6.45, 7) is 2.00. The molecule has 0 aliphatic heterocycles. The molecule has 152 valence electrons. The fourth-order valence-electron chi connectivity index (χ4n) is 2.59. The molecule has 0 radical (unpaired) electrons. The number of nitrogens with one attached hydrogen (secondary N) is 1. The van der Waals surface area contributed by atoms with Crippen LogP contribution in [0.2, 0.25) is 0 Å². The third-order valence-electron chi connectivity index (χ3n) is 4.02. The normalized spacial score (nSPS) is 10.7. The average Bonchev–Trinajstić information content (AvgIpc) is 3.49. The highest BCUT2D eigenvalue weighted by Crippen LogP contribution is 2.22. The van der Waals surface area contributed by atoms with Crippen LogP contribution in [0.15, 0.2) is 47.4 Å². The minimum Gasteiger partial charge on any atom is -0.455 e. The molecule has 1 N–H and O–H groups in total. The molecule has 1 aromatic carbocycles. The molecule has 0 atom stereocenters. The zero-order chi connectivity index (χ0) is 20.9. The van der Waals surface area contributed by atoms with Crippen molar-refractivity contribution < 1.29 is 14.3 Å². The number of ether oxygens (including phenoxy) is 1. The number of nitrogens with zero attached hydrogens (tertiary/aromatic N) is 5. The van der Waals surface area contributed by atoms with Gasteiger partial charge in [0.2, 0.25) is 5.91 Å². The van der Waals surface area contributed by atoms with Crippen molar-refractivity contribution in [2.24, 2.45) is 0 Å². The number of amides is 1. The molecule has 0 aliphatic rings. The van der Waals surface area contributed by atoms with E-state index in [0.29, 0.717) is 21.3 Å². The largest absolute Gasteiger partial charge is 0.455 e. The van der Waals surface area contributed by atoms with Crippen LogP contribution in [-0.4, -0.2) is 37.1 Å². The molecule has 11 heteroatoms. The SMILES string of the molecule is Cc1ccc(NC(=O)Cc2nc(COC(=O)c3sccc3-n3cnnn3)cs2)cc1. The van der Waals surface area contributed by atoms with Gasteiger partial charge in [-0.2, -0.15) is 4.68 Å². The number of thiazole rings is 1. The number of hydrogen-bond donors (Lipinski definition) is 1. The molecule has 4 aromatic rings. The first-order chi connectivity index (χ1) is 14.6. The standard InChI is InChI=1S/C19H16N6O3S2/c1-12-2-4-13(5-3-12)21-16(26)8-17-22-14(10-30-17)9-28-19(27)18-15(6-7-29-18)25-11-20-23-24-25/h2-7,10-11H,8-9H2,1H3,(H,21,26). The van der Waals surface area contributed by atoms with Crippen LogP contribution in [0, 0.1) is 6.92 Å². The van der Waals surface area contributed by atoms with Crippen molar-refractivity contribution >= 4 is 40.2 Å². The maximum absolute atomic E-state index is 12.4. The number of carbonyl (C=O) groups is 2. The van der Waals surface area contributed by atoms with Gasteiger partial charge in [-0.05, 0) is 40.9 Å². The Balaban J connectivity index is 1.32. The lowest BCUT2D eigenvalue weighted by molar-refractivity contribution is -0.115. The second-order valence-corrected chi connectivity index (χ2v) is 8.15. The summed E-state index contributed by atoms with van der Waals surface area (Å²) in [5, 5.41) is 18.0. The summed E-state index contributed by atoms with van der Waals surface area (Å²) in [6, 6.07) is 9.32. The van der Waals surface area contributed by atoms with E-state index in [0.717, 1.165) is 11.3 Å². The van der Waals surface area contributed by atoms with Crippen molar-refractivity contribution in [3.8, 4) is 5.69 Å². The fraction of sp³-hybridized carbons (Fsp3) is 0.158. The molecule has 0 bridgehead atoms. The number of tetrazole rings is 1. The smallest absolute Gasteiger partial charge is 0.350 e. The number of aryl methyl sites for hydroxylation is 1. The minimum absolute atomic E-state index is 0.0157.